The number of aromatic nitrogens is 2. The molecule has 0 aliphatic rings. The number of carbonyl (C=O) groups excluding carboxylic acids is 1. The van der Waals surface area contributed by atoms with Gasteiger partial charge in [0.05, 0.1) is 6.42 Å². The third-order valence-electron chi connectivity index (χ3n) is 3.33. The van der Waals surface area contributed by atoms with Gasteiger partial charge in [0.2, 0.25) is 11.0 Å². The molecule has 0 saturated carbocycles. The molecule has 7 heteroatoms. The van der Waals surface area contributed by atoms with Crippen molar-refractivity contribution in [2.45, 2.75) is 17.9 Å². The molecular weight excluding hydrogens is 357 g/mol. The van der Waals surface area contributed by atoms with Crippen LogP contribution in [0, 0.1) is 5.82 Å². The second-order valence-electron chi connectivity index (χ2n) is 5.33. The number of anilines is 1. The minimum Gasteiger partial charge on any atom is -0.300 e. The lowest BCUT2D eigenvalue weighted by Gasteiger charge is -2.01. The van der Waals surface area contributed by atoms with E-state index in [0.717, 1.165) is 22.1 Å². The first-order valence-electron chi connectivity index (χ1n) is 7.67. The molecular formula is C18H16FN3OS2. The maximum Gasteiger partial charge on any atom is 0.230 e. The zero-order valence-electron chi connectivity index (χ0n) is 13.3. The zero-order valence-corrected chi connectivity index (χ0v) is 14.9. The fraction of sp³-hybridized carbons (Fsp3) is 0.167. The Balaban J connectivity index is 1.46. The van der Waals surface area contributed by atoms with E-state index in [1.54, 1.807) is 23.9 Å². The number of hydrogen-bond donors (Lipinski definition) is 1. The maximum absolute atomic E-state index is 12.9. The minimum absolute atomic E-state index is 0.179. The van der Waals surface area contributed by atoms with Crippen LogP contribution in [0.2, 0.25) is 0 Å². The van der Waals surface area contributed by atoms with Gasteiger partial charge in [0.25, 0.3) is 0 Å². The zero-order chi connectivity index (χ0) is 17.5. The molecule has 0 aliphatic carbocycles. The summed E-state index contributed by atoms with van der Waals surface area (Å²) in [5.41, 5.74) is 2.02. The van der Waals surface area contributed by atoms with Crippen LogP contribution >= 0.6 is 23.1 Å². The molecule has 1 aromatic heterocycles. The highest BCUT2D eigenvalue weighted by atomic mass is 32.2. The normalized spacial score (nSPS) is 10.6. The molecule has 1 amide bonds. The summed E-state index contributed by atoms with van der Waals surface area (Å²) >= 11 is 3.13. The van der Waals surface area contributed by atoms with E-state index in [4.69, 9.17) is 0 Å². The number of carbonyl (C=O) groups is 1. The second-order valence-corrected chi connectivity index (χ2v) is 7.38. The monoisotopic (exact) mass is 373 g/mol. The molecule has 0 bridgehead atoms. The van der Waals surface area contributed by atoms with E-state index < -0.39 is 0 Å². The SMILES string of the molecule is O=C(Cc1ccc(F)cc1)Nc1nnc(CSCc2ccccc2)s1. The topological polar surface area (TPSA) is 54.9 Å². The van der Waals surface area contributed by atoms with Gasteiger partial charge in [-0.15, -0.1) is 22.0 Å². The van der Waals surface area contributed by atoms with Crippen molar-refractivity contribution >= 4 is 34.1 Å². The summed E-state index contributed by atoms with van der Waals surface area (Å²) in [4.78, 5) is 12.0. The third kappa shape index (κ3) is 5.65. The van der Waals surface area contributed by atoms with Crippen molar-refractivity contribution < 1.29 is 9.18 Å². The van der Waals surface area contributed by atoms with Crippen molar-refractivity contribution in [2.24, 2.45) is 0 Å². The van der Waals surface area contributed by atoms with Crippen molar-refractivity contribution in [3.8, 4) is 0 Å². The van der Waals surface area contributed by atoms with Gasteiger partial charge in [0.15, 0.2) is 0 Å². The number of nitrogens with zero attached hydrogens (tertiary/aromatic N) is 2. The second kappa shape index (κ2) is 8.73. The molecule has 2 aromatic carbocycles. The first kappa shape index (κ1) is 17.6. The van der Waals surface area contributed by atoms with Crippen molar-refractivity contribution in [1.29, 1.82) is 0 Å². The fourth-order valence-corrected chi connectivity index (χ4v) is 3.94. The highest BCUT2D eigenvalue weighted by Crippen LogP contribution is 2.22. The van der Waals surface area contributed by atoms with Crippen LogP contribution in [0.1, 0.15) is 16.1 Å². The summed E-state index contributed by atoms with van der Waals surface area (Å²) in [7, 11) is 0. The lowest BCUT2D eigenvalue weighted by Crippen LogP contribution is -2.14. The molecule has 0 atom stereocenters. The fourth-order valence-electron chi connectivity index (χ4n) is 2.14. The molecule has 0 fully saturated rings. The van der Waals surface area contributed by atoms with Crippen molar-refractivity contribution in [3.63, 3.8) is 0 Å². The van der Waals surface area contributed by atoms with Gasteiger partial charge in [-0.3, -0.25) is 4.79 Å². The van der Waals surface area contributed by atoms with Crippen LogP contribution in [0.5, 0.6) is 0 Å². The van der Waals surface area contributed by atoms with E-state index in [2.05, 4.69) is 27.6 Å². The van der Waals surface area contributed by atoms with E-state index in [9.17, 15) is 9.18 Å². The number of benzene rings is 2. The van der Waals surface area contributed by atoms with Gasteiger partial charge in [0.1, 0.15) is 10.8 Å². The average molecular weight is 373 g/mol. The lowest BCUT2D eigenvalue weighted by atomic mass is 10.1. The van der Waals surface area contributed by atoms with Crippen molar-refractivity contribution in [3.05, 3.63) is 76.5 Å². The average Bonchev–Trinajstić information content (AvgIpc) is 3.05. The van der Waals surface area contributed by atoms with Crippen LogP contribution in [-0.2, 0) is 22.7 Å². The number of amides is 1. The minimum atomic E-state index is -0.314. The summed E-state index contributed by atoms with van der Waals surface area (Å²) in [6.07, 6.45) is 0.179. The van der Waals surface area contributed by atoms with E-state index in [1.807, 2.05) is 18.2 Å². The Hall–Kier alpha value is -2.25. The van der Waals surface area contributed by atoms with Gasteiger partial charge in [-0.2, -0.15) is 0 Å². The Kier molecular flexibility index (Phi) is 6.14. The maximum atomic E-state index is 12.9. The number of hydrogen-bond acceptors (Lipinski definition) is 5. The van der Waals surface area contributed by atoms with E-state index in [-0.39, 0.29) is 18.1 Å². The smallest absolute Gasteiger partial charge is 0.230 e. The molecule has 3 rings (SSSR count). The Morgan fingerprint density at radius 2 is 1.76 bits per heavy atom. The molecule has 1 N–H and O–H groups in total. The van der Waals surface area contributed by atoms with Gasteiger partial charge in [-0.05, 0) is 23.3 Å². The first-order chi connectivity index (χ1) is 12.2. The summed E-state index contributed by atoms with van der Waals surface area (Å²) in [6.45, 7) is 0. The van der Waals surface area contributed by atoms with Gasteiger partial charge in [-0.1, -0.05) is 53.8 Å². The summed E-state index contributed by atoms with van der Waals surface area (Å²) < 4.78 is 12.9. The van der Waals surface area contributed by atoms with Crippen molar-refractivity contribution in [2.75, 3.05) is 5.32 Å². The molecule has 0 spiro atoms. The number of halogens is 1. The van der Waals surface area contributed by atoms with Crippen LogP contribution < -0.4 is 5.32 Å². The lowest BCUT2D eigenvalue weighted by molar-refractivity contribution is -0.115. The summed E-state index contributed by atoms with van der Waals surface area (Å²) in [6, 6.07) is 16.1. The molecule has 4 nitrogen and oxygen atoms in total. The first-order valence-corrected chi connectivity index (χ1v) is 9.64. The molecule has 0 unspecified atom stereocenters. The molecule has 0 aliphatic heterocycles. The third-order valence-corrected chi connectivity index (χ3v) is 5.36. The quantitative estimate of drug-likeness (QED) is 0.671. The predicted molar refractivity (Wildman–Crippen MR) is 100 cm³/mol. The number of nitrogens with one attached hydrogen (secondary N) is 1. The van der Waals surface area contributed by atoms with Crippen LogP contribution in [-0.4, -0.2) is 16.1 Å². The number of rotatable bonds is 7. The van der Waals surface area contributed by atoms with Gasteiger partial charge < -0.3 is 5.32 Å². The van der Waals surface area contributed by atoms with Gasteiger partial charge in [-0.25, -0.2) is 4.39 Å². The summed E-state index contributed by atoms with van der Waals surface area (Å²) in [5.74, 6) is 1.16. The van der Waals surface area contributed by atoms with Gasteiger partial charge >= 0.3 is 0 Å². The summed E-state index contributed by atoms with van der Waals surface area (Å²) in [5, 5.41) is 12.2. The predicted octanol–water partition coefficient (Wildman–Crippen LogP) is 4.29. The molecule has 0 saturated heterocycles. The molecule has 128 valence electrons. The Morgan fingerprint density at radius 3 is 2.52 bits per heavy atom. The van der Waals surface area contributed by atoms with E-state index in [0.29, 0.717) is 5.13 Å². The van der Waals surface area contributed by atoms with Crippen LogP contribution in [0.25, 0.3) is 0 Å². The molecule has 3 aromatic rings. The van der Waals surface area contributed by atoms with Crippen LogP contribution in [0.4, 0.5) is 9.52 Å². The largest absolute Gasteiger partial charge is 0.300 e. The van der Waals surface area contributed by atoms with E-state index >= 15 is 0 Å². The Morgan fingerprint density at radius 1 is 1.00 bits per heavy atom. The Labute approximate surface area is 153 Å². The molecule has 25 heavy (non-hydrogen) atoms. The van der Waals surface area contributed by atoms with Gasteiger partial charge in [0, 0.05) is 11.5 Å². The highest BCUT2D eigenvalue weighted by Gasteiger charge is 2.09. The van der Waals surface area contributed by atoms with Crippen LogP contribution in [0.3, 0.4) is 0 Å². The molecule has 0 radical (unpaired) electrons. The molecule has 1 heterocycles. The van der Waals surface area contributed by atoms with E-state index in [1.165, 1.54) is 29.0 Å². The van der Waals surface area contributed by atoms with Crippen LogP contribution in [0.15, 0.2) is 54.6 Å². The highest BCUT2D eigenvalue weighted by molar-refractivity contribution is 7.97. The number of thioether (sulfide) groups is 1. The standard InChI is InChI=1S/C18H16FN3OS2/c19-15-8-6-13(7-9-15)10-16(23)20-18-22-21-17(25-18)12-24-11-14-4-2-1-3-5-14/h1-9H,10-12H2,(H,20,22,23). The Bertz CT molecular complexity index is 822. The van der Waals surface area contributed by atoms with Crippen molar-refractivity contribution in [1.82, 2.24) is 10.2 Å².